The molecule has 9 heterocycles. The van der Waals surface area contributed by atoms with E-state index in [1.807, 2.05) is 49.6 Å². The van der Waals surface area contributed by atoms with Crippen molar-refractivity contribution in [2.24, 2.45) is 0 Å². The molecule has 2 fully saturated rings. The average molecular weight is 812 g/mol. The lowest BCUT2D eigenvalue weighted by Crippen LogP contribution is -2.21. The zero-order valence-corrected chi connectivity index (χ0v) is 35.4. The van der Waals surface area contributed by atoms with Gasteiger partial charge in [0.15, 0.2) is 5.82 Å². The van der Waals surface area contributed by atoms with Crippen molar-refractivity contribution in [3.8, 4) is 22.3 Å². The normalized spacial score (nSPS) is 14.7. The minimum atomic E-state index is 0.386. The van der Waals surface area contributed by atoms with Crippen LogP contribution < -0.4 is 5.32 Å². The molecule has 0 unspecified atom stereocenters. The van der Waals surface area contributed by atoms with Gasteiger partial charge in [-0.2, -0.15) is 15.3 Å². The van der Waals surface area contributed by atoms with Crippen molar-refractivity contribution in [2.75, 3.05) is 44.6 Å². The second-order valence-corrected chi connectivity index (χ2v) is 16.5. The molecule has 13 nitrogen and oxygen atoms in total. The molecular weight excluding hydrogens is 758 g/mol. The number of nitrogens with one attached hydrogen (secondary N) is 1. The molecule has 2 aliphatic heterocycles. The summed E-state index contributed by atoms with van der Waals surface area (Å²) in [6, 6.07) is 13.7. The molecule has 2 aliphatic rings. The number of halogens is 1. The summed E-state index contributed by atoms with van der Waals surface area (Å²) in [4.78, 5) is 23.4. The summed E-state index contributed by atoms with van der Waals surface area (Å²) in [5.41, 5.74) is 10.8. The third-order valence-corrected chi connectivity index (χ3v) is 11.5. The minimum Gasteiger partial charge on any atom is -0.323 e. The number of likely N-dealkylation sites (tertiary alicyclic amines) is 2. The van der Waals surface area contributed by atoms with Gasteiger partial charge in [0, 0.05) is 60.1 Å². The Hall–Kier alpha value is -5.37. The van der Waals surface area contributed by atoms with Crippen LogP contribution in [-0.2, 0) is 13.1 Å². The Balaban J connectivity index is 0.000000172. The topological polar surface area (TPSA) is 131 Å². The van der Waals surface area contributed by atoms with Gasteiger partial charge in [-0.15, -0.1) is 5.10 Å². The van der Waals surface area contributed by atoms with Crippen LogP contribution in [0.25, 0.3) is 44.3 Å². The first-order valence-electron chi connectivity index (χ1n) is 21.1. The fourth-order valence-corrected chi connectivity index (χ4v) is 8.15. The van der Waals surface area contributed by atoms with Crippen LogP contribution in [0.1, 0.15) is 75.2 Å². The van der Waals surface area contributed by atoms with Crippen LogP contribution in [0.5, 0.6) is 0 Å². The molecule has 1 N–H and O–H groups in total. The zero-order valence-electron chi connectivity index (χ0n) is 34.6. The maximum atomic E-state index is 6.00. The van der Waals surface area contributed by atoms with Crippen LogP contribution >= 0.6 is 11.6 Å². The maximum Gasteiger partial charge on any atom is 0.154 e. The van der Waals surface area contributed by atoms with Crippen LogP contribution in [0, 0.1) is 13.8 Å². The number of aromatic nitrogens is 10. The number of pyridine rings is 4. The van der Waals surface area contributed by atoms with E-state index in [1.165, 1.54) is 51.9 Å². The van der Waals surface area contributed by atoms with Gasteiger partial charge >= 0.3 is 0 Å². The summed E-state index contributed by atoms with van der Waals surface area (Å²) in [5, 5.41) is 21.5. The molecule has 7 aromatic heterocycles. The first kappa shape index (κ1) is 40.4. The van der Waals surface area contributed by atoms with Gasteiger partial charge in [0.05, 0.1) is 39.7 Å². The first-order chi connectivity index (χ1) is 28.7. The Morgan fingerprint density at radius 2 is 1.17 bits per heavy atom. The fourth-order valence-electron chi connectivity index (χ4n) is 8.00. The third-order valence-electron chi connectivity index (χ3n) is 11.3. The number of rotatable bonds is 13. The van der Waals surface area contributed by atoms with Gasteiger partial charge in [-0.3, -0.25) is 19.3 Å². The molecule has 59 heavy (non-hydrogen) atoms. The standard InChI is InChI=1S/C26H32N8.C19H22ClN5/c1-18(2)20-14-26(31-28-16-20)30-25-8-7-23-24(29-25)13-21(15-27-23)22-17-34(32-19(22)3)12-6-11-33-9-4-5-10-33;1-14-16(13-25(23-14)10-4-9-24-7-2-3-8-24)15-11-18-17(21-12-15)5-6-19(20)22-18/h7-8,13-18H,4-6,9-12H2,1-3H3,(H,29,30,31);5-6,11-13H,2-4,7-10H2,1H3. The highest BCUT2D eigenvalue weighted by Gasteiger charge is 2.15. The van der Waals surface area contributed by atoms with E-state index in [0.717, 1.165) is 106 Å². The number of fused-ring (bicyclic) bond motifs is 2. The lowest BCUT2D eigenvalue weighted by Gasteiger charge is -2.13. The van der Waals surface area contributed by atoms with Gasteiger partial charge in [-0.25, -0.2) is 9.97 Å². The van der Waals surface area contributed by atoms with Gasteiger partial charge in [-0.05, 0) is 146 Å². The third kappa shape index (κ3) is 10.3. The summed E-state index contributed by atoms with van der Waals surface area (Å²) in [7, 11) is 0. The van der Waals surface area contributed by atoms with E-state index in [2.05, 4.69) is 94.0 Å². The summed E-state index contributed by atoms with van der Waals surface area (Å²) in [5.74, 6) is 1.79. The Morgan fingerprint density at radius 3 is 1.73 bits per heavy atom. The Labute approximate surface area is 351 Å². The second kappa shape index (κ2) is 18.7. The highest BCUT2D eigenvalue weighted by atomic mass is 35.5. The lowest BCUT2D eigenvalue weighted by atomic mass is 10.1. The molecule has 0 aliphatic carbocycles. The quantitative estimate of drug-likeness (QED) is 0.112. The molecule has 7 aromatic rings. The van der Waals surface area contributed by atoms with E-state index in [-0.39, 0.29) is 0 Å². The Kier molecular flexibility index (Phi) is 12.8. The summed E-state index contributed by atoms with van der Waals surface area (Å²) >= 11 is 6.00. The molecule has 0 aromatic carbocycles. The van der Waals surface area contributed by atoms with Crippen molar-refractivity contribution in [1.29, 1.82) is 0 Å². The van der Waals surface area contributed by atoms with Crippen molar-refractivity contribution < 1.29 is 0 Å². The number of hydrogen-bond acceptors (Lipinski definition) is 11. The molecule has 306 valence electrons. The minimum absolute atomic E-state index is 0.386. The van der Waals surface area contributed by atoms with Crippen molar-refractivity contribution in [3.63, 3.8) is 0 Å². The van der Waals surface area contributed by atoms with E-state index >= 15 is 0 Å². The van der Waals surface area contributed by atoms with E-state index in [1.54, 1.807) is 12.3 Å². The predicted molar refractivity (Wildman–Crippen MR) is 236 cm³/mol. The predicted octanol–water partition coefficient (Wildman–Crippen LogP) is 8.89. The molecule has 0 saturated carbocycles. The molecule has 0 spiro atoms. The zero-order chi connectivity index (χ0) is 40.7. The van der Waals surface area contributed by atoms with Gasteiger partial charge in [0.25, 0.3) is 0 Å². The number of aryl methyl sites for hydroxylation is 4. The van der Waals surface area contributed by atoms with Crippen LogP contribution in [0.2, 0.25) is 5.15 Å². The average Bonchev–Trinajstić information content (AvgIpc) is 4.08. The Morgan fingerprint density at radius 1 is 0.627 bits per heavy atom. The fraction of sp³-hybridized carbons (Fsp3) is 0.422. The molecule has 0 atom stereocenters. The van der Waals surface area contributed by atoms with Gasteiger partial charge in [0.2, 0.25) is 0 Å². The molecule has 2 saturated heterocycles. The lowest BCUT2D eigenvalue weighted by molar-refractivity contribution is 0.322. The van der Waals surface area contributed by atoms with E-state index in [0.29, 0.717) is 16.9 Å². The van der Waals surface area contributed by atoms with Gasteiger partial charge in [-0.1, -0.05) is 25.4 Å². The van der Waals surface area contributed by atoms with Crippen molar-refractivity contribution in [2.45, 2.75) is 85.2 Å². The highest BCUT2D eigenvalue weighted by molar-refractivity contribution is 6.29. The van der Waals surface area contributed by atoms with Gasteiger partial charge in [0.1, 0.15) is 11.0 Å². The molecular formula is C45H54ClN13. The SMILES string of the molecule is Cc1nn(CCCN2CCCC2)cc1-c1cnc2ccc(Cl)nc2c1.Cc1nn(CCCN2CCCC2)cc1-c1cnc2ccc(Nc3cc(C(C)C)cnn3)nc2c1. The number of nitrogens with zero attached hydrogens (tertiary/aromatic N) is 12. The number of hydrogen-bond donors (Lipinski definition) is 1. The smallest absolute Gasteiger partial charge is 0.154 e. The summed E-state index contributed by atoms with van der Waals surface area (Å²) < 4.78 is 4.12. The summed E-state index contributed by atoms with van der Waals surface area (Å²) in [6.07, 6.45) is 17.5. The molecule has 9 rings (SSSR count). The first-order valence-corrected chi connectivity index (χ1v) is 21.4. The van der Waals surface area contributed by atoms with E-state index in [4.69, 9.17) is 21.7 Å². The van der Waals surface area contributed by atoms with Crippen LogP contribution in [0.15, 0.2) is 73.4 Å². The Bertz CT molecular complexity index is 2500. The van der Waals surface area contributed by atoms with Crippen LogP contribution in [-0.4, -0.2) is 98.8 Å². The second-order valence-electron chi connectivity index (χ2n) is 16.1. The molecule has 0 radical (unpaired) electrons. The highest BCUT2D eigenvalue weighted by Crippen LogP contribution is 2.28. The monoisotopic (exact) mass is 811 g/mol. The van der Waals surface area contributed by atoms with Crippen molar-refractivity contribution in [1.82, 2.24) is 59.5 Å². The maximum absolute atomic E-state index is 6.00. The summed E-state index contributed by atoms with van der Waals surface area (Å²) in [6.45, 7) is 17.6. The number of anilines is 2. The van der Waals surface area contributed by atoms with Crippen molar-refractivity contribution >= 4 is 45.3 Å². The van der Waals surface area contributed by atoms with Crippen molar-refractivity contribution in [3.05, 3.63) is 95.6 Å². The van der Waals surface area contributed by atoms with E-state index in [9.17, 15) is 0 Å². The molecule has 0 bridgehead atoms. The van der Waals surface area contributed by atoms with Crippen LogP contribution in [0.3, 0.4) is 0 Å². The van der Waals surface area contributed by atoms with Gasteiger partial charge < -0.3 is 15.1 Å². The molecule has 0 amide bonds. The van der Waals surface area contributed by atoms with E-state index < -0.39 is 0 Å². The van der Waals surface area contributed by atoms with Crippen LogP contribution in [0.4, 0.5) is 11.6 Å². The molecule has 14 heteroatoms. The largest absolute Gasteiger partial charge is 0.323 e.